The number of aliphatic hydroxyl groups excluding tert-OH is 6. The summed E-state index contributed by atoms with van der Waals surface area (Å²) in [6.07, 6.45) is -20.9. The standard InChI is InChI=1S/C15H27N5O12/c16-13(17)20-3-4(22)2(1-21)29-12(5(3)23)30-10-7(25)6(24)9(31-14(18)27)8(26)11(10)32-15(19)28/h2-12,21-26H,1H2,(H2,18,27)(H2,19,28)(H4,16,17,20). The second kappa shape index (κ2) is 10.4. The Balaban J connectivity index is 2.34. The number of ether oxygens (including phenoxy) is 4. The number of guanidine groups is 1. The van der Waals surface area contributed by atoms with Gasteiger partial charge in [-0.15, -0.1) is 0 Å². The molecule has 1 aliphatic carbocycles. The molecule has 0 aromatic rings. The maximum atomic E-state index is 11.3. The average Bonchev–Trinajstić information content (AvgIpc) is 2.70. The number of aliphatic hydroxyl groups is 6. The number of rotatable bonds is 6. The quantitative estimate of drug-likeness (QED) is 0.128. The molecule has 184 valence electrons. The second-order valence-electron chi connectivity index (χ2n) is 7.13. The van der Waals surface area contributed by atoms with Gasteiger partial charge in [0.05, 0.1) is 6.61 Å². The monoisotopic (exact) mass is 469 g/mol. The second-order valence-corrected chi connectivity index (χ2v) is 7.13. The van der Waals surface area contributed by atoms with Crippen molar-refractivity contribution in [3.05, 3.63) is 0 Å². The number of carbonyl (C=O) groups excluding carboxylic acids is 2. The van der Waals surface area contributed by atoms with Crippen LogP contribution in [0.3, 0.4) is 0 Å². The van der Waals surface area contributed by atoms with E-state index < -0.39 is 92.0 Å². The van der Waals surface area contributed by atoms with Crippen molar-refractivity contribution in [2.24, 2.45) is 27.9 Å². The molecule has 32 heavy (non-hydrogen) atoms. The van der Waals surface area contributed by atoms with Crippen LogP contribution in [0, 0.1) is 0 Å². The Kier molecular flexibility index (Phi) is 8.37. The predicted molar refractivity (Wildman–Crippen MR) is 99.2 cm³/mol. The fourth-order valence-electron chi connectivity index (χ4n) is 3.53. The lowest BCUT2D eigenvalue weighted by molar-refractivity contribution is -0.324. The summed E-state index contributed by atoms with van der Waals surface area (Å²) < 4.78 is 20.0. The molecule has 0 spiro atoms. The molecule has 1 saturated carbocycles. The third-order valence-corrected chi connectivity index (χ3v) is 4.96. The molecule has 2 aliphatic rings. The molecular weight excluding hydrogens is 442 g/mol. The van der Waals surface area contributed by atoms with Gasteiger partial charge >= 0.3 is 12.2 Å². The van der Waals surface area contributed by atoms with E-state index in [0.29, 0.717) is 0 Å². The molecule has 11 atom stereocenters. The van der Waals surface area contributed by atoms with Gasteiger partial charge in [0.25, 0.3) is 0 Å². The van der Waals surface area contributed by atoms with Crippen LogP contribution in [0.4, 0.5) is 9.59 Å². The van der Waals surface area contributed by atoms with Gasteiger partial charge in [-0.2, -0.15) is 0 Å². The zero-order valence-corrected chi connectivity index (χ0v) is 16.4. The van der Waals surface area contributed by atoms with Gasteiger partial charge in [-0.1, -0.05) is 0 Å². The molecule has 1 heterocycles. The van der Waals surface area contributed by atoms with E-state index >= 15 is 0 Å². The van der Waals surface area contributed by atoms with Crippen LogP contribution >= 0.6 is 0 Å². The maximum Gasteiger partial charge on any atom is 0.404 e. The summed E-state index contributed by atoms with van der Waals surface area (Å²) in [6, 6.07) is -1.45. The number of primary amides is 2. The van der Waals surface area contributed by atoms with Gasteiger partial charge in [0.1, 0.15) is 48.8 Å². The molecule has 0 bridgehead atoms. The minimum atomic E-state index is -2.01. The lowest BCUT2D eigenvalue weighted by Gasteiger charge is -2.47. The van der Waals surface area contributed by atoms with Gasteiger partial charge in [0.2, 0.25) is 0 Å². The topological polar surface area (TPSA) is 309 Å². The number of hydrogen-bond donors (Lipinski definition) is 10. The Bertz CT molecular complexity index is 708. The summed E-state index contributed by atoms with van der Waals surface area (Å²) in [5.74, 6) is -0.518. The van der Waals surface area contributed by atoms with E-state index in [1.54, 1.807) is 0 Å². The van der Waals surface area contributed by atoms with E-state index in [-0.39, 0.29) is 0 Å². The van der Waals surface area contributed by atoms with E-state index in [1.165, 1.54) is 0 Å². The first-order valence-corrected chi connectivity index (χ1v) is 9.22. The lowest BCUT2D eigenvalue weighted by Crippen LogP contribution is -2.68. The van der Waals surface area contributed by atoms with Crippen LogP contribution in [-0.4, -0.2) is 123 Å². The summed E-state index contributed by atoms with van der Waals surface area (Å²) in [6.45, 7) is -0.765. The van der Waals surface area contributed by atoms with E-state index in [4.69, 9.17) is 37.1 Å². The van der Waals surface area contributed by atoms with Crippen LogP contribution in [0.15, 0.2) is 4.99 Å². The molecule has 2 amide bonds. The van der Waals surface area contributed by atoms with Crippen molar-refractivity contribution in [1.82, 2.24) is 0 Å². The molecule has 17 nitrogen and oxygen atoms in total. The highest BCUT2D eigenvalue weighted by atomic mass is 16.7. The Hall–Kier alpha value is -2.51. The number of hydrogen-bond acceptors (Lipinski definition) is 13. The molecule has 14 N–H and O–H groups in total. The first kappa shape index (κ1) is 25.7. The first-order valence-electron chi connectivity index (χ1n) is 9.22. The van der Waals surface area contributed by atoms with Crippen molar-refractivity contribution < 1.29 is 59.2 Å². The summed E-state index contributed by atoms with van der Waals surface area (Å²) in [5.41, 5.74) is 20.4. The Morgan fingerprint density at radius 3 is 1.81 bits per heavy atom. The average molecular weight is 469 g/mol. The third kappa shape index (κ3) is 5.45. The molecule has 11 unspecified atom stereocenters. The van der Waals surface area contributed by atoms with Crippen LogP contribution in [-0.2, 0) is 18.9 Å². The molecule has 1 saturated heterocycles. The molecule has 17 heteroatoms. The van der Waals surface area contributed by atoms with Gasteiger partial charge in [-0.3, -0.25) is 0 Å². The van der Waals surface area contributed by atoms with Crippen molar-refractivity contribution in [1.29, 1.82) is 0 Å². The van der Waals surface area contributed by atoms with Crippen LogP contribution in [0.2, 0.25) is 0 Å². The predicted octanol–water partition coefficient (Wildman–Crippen LogP) is -6.52. The molecule has 0 aromatic heterocycles. The lowest BCUT2D eigenvalue weighted by atomic mass is 9.84. The number of nitrogens with two attached hydrogens (primary N) is 4. The van der Waals surface area contributed by atoms with Gasteiger partial charge in [-0.05, 0) is 0 Å². The van der Waals surface area contributed by atoms with E-state index in [1.807, 2.05) is 0 Å². The van der Waals surface area contributed by atoms with E-state index in [0.717, 1.165) is 0 Å². The maximum absolute atomic E-state index is 11.3. The SMILES string of the molecule is NC(=O)OC1C(O)C(O)C(OC2OC(CO)C(O)C(N=C(N)N)C2O)C(OC(N)=O)C1O. The van der Waals surface area contributed by atoms with Crippen molar-refractivity contribution in [3.63, 3.8) is 0 Å². The largest absolute Gasteiger partial charge is 0.441 e. The minimum absolute atomic E-state index is 0.518. The molecular formula is C15H27N5O12. The van der Waals surface area contributed by atoms with Crippen molar-refractivity contribution in [3.8, 4) is 0 Å². The number of carbonyl (C=O) groups is 2. The van der Waals surface area contributed by atoms with Crippen LogP contribution in [0.1, 0.15) is 0 Å². The van der Waals surface area contributed by atoms with Crippen molar-refractivity contribution in [2.75, 3.05) is 6.61 Å². The summed E-state index contributed by atoms with van der Waals surface area (Å²) in [5, 5.41) is 61.3. The van der Waals surface area contributed by atoms with Gasteiger partial charge in [0, 0.05) is 0 Å². The van der Waals surface area contributed by atoms with Crippen LogP contribution < -0.4 is 22.9 Å². The minimum Gasteiger partial charge on any atom is -0.441 e. The summed E-state index contributed by atoms with van der Waals surface area (Å²) >= 11 is 0. The number of nitrogens with zero attached hydrogens (tertiary/aromatic N) is 1. The molecule has 2 fully saturated rings. The normalized spacial score (nSPS) is 42.0. The van der Waals surface area contributed by atoms with E-state index in [9.17, 15) is 40.2 Å². The molecule has 0 aromatic carbocycles. The fourth-order valence-corrected chi connectivity index (χ4v) is 3.53. The Labute approximate surface area is 180 Å². The number of aliphatic imine (C=N–C) groups is 1. The summed E-state index contributed by atoms with van der Waals surface area (Å²) in [7, 11) is 0. The van der Waals surface area contributed by atoms with Gasteiger partial charge < -0.3 is 72.5 Å². The van der Waals surface area contributed by atoms with E-state index in [2.05, 4.69) is 9.73 Å². The van der Waals surface area contributed by atoms with Gasteiger partial charge in [0.15, 0.2) is 24.5 Å². The van der Waals surface area contributed by atoms with Crippen molar-refractivity contribution >= 4 is 18.1 Å². The molecule has 1 aliphatic heterocycles. The molecule has 2 rings (SSSR count). The smallest absolute Gasteiger partial charge is 0.404 e. The zero-order valence-electron chi connectivity index (χ0n) is 16.4. The Morgan fingerprint density at radius 1 is 0.781 bits per heavy atom. The first-order chi connectivity index (χ1) is 14.9. The Morgan fingerprint density at radius 2 is 1.31 bits per heavy atom. The van der Waals surface area contributed by atoms with Crippen LogP contribution in [0.25, 0.3) is 0 Å². The third-order valence-electron chi connectivity index (χ3n) is 4.96. The highest BCUT2D eigenvalue weighted by Gasteiger charge is 2.56. The molecule has 0 radical (unpaired) electrons. The highest BCUT2D eigenvalue weighted by molar-refractivity contribution is 5.76. The number of amides is 2. The van der Waals surface area contributed by atoms with Crippen molar-refractivity contribution in [2.45, 2.75) is 67.3 Å². The fraction of sp³-hybridized carbons (Fsp3) is 0.800. The summed E-state index contributed by atoms with van der Waals surface area (Å²) in [4.78, 5) is 26.0. The highest BCUT2D eigenvalue weighted by Crippen LogP contribution is 2.32. The zero-order chi connectivity index (χ0) is 24.3. The van der Waals surface area contributed by atoms with Crippen LogP contribution in [0.5, 0.6) is 0 Å². The van der Waals surface area contributed by atoms with Gasteiger partial charge in [-0.25, -0.2) is 14.6 Å².